The third-order valence-corrected chi connectivity index (χ3v) is 3.43. The number of furan rings is 1. The lowest BCUT2D eigenvalue weighted by Crippen LogP contribution is -2.34. The average Bonchev–Trinajstić information content (AvgIpc) is 2.92. The maximum Gasteiger partial charge on any atom is 0.253 e. The molecule has 4 heteroatoms. The van der Waals surface area contributed by atoms with Crippen LogP contribution in [0.4, 0.5) is 0 Å². The predicted molar refractivity (Wildman–Crippen MR) is 70.2 cm³/mol. The molecule has 2 heterocycles. The summed E-state index contributed by atoms with van der Waals surface area (Å²) in [5.74, 6) is 0.923. The molecule has 1 aromatic heterocycles. The minimum atomic E-state index is 0.0327. The standard InChI is InChI=1S/C15H13NO3/c1-16-7-6-10-2-3-11(8-13(10)15(16)18)14-5-4-12(9-17)19-14/h2-5,8-9H,6-7H2,1H3. The molecule has 0 atom stereocenters. The highest BCUT2D eigenvalue weighted by atomic mass is 16.3. The molecule has 1 aliphatic rings. The van der Waals surface area contributed by atoms with Crippen molar-refractivity contribution in [3.8, 4) is 11.3 Å². The quantitative estimate of drug-likeness (QED) is 0.774. The first-order valence-electron chi connectivity index (χ1n) is 6.13. The van der Waals surface area contributed by atoms with Crippen LogP contribution in [0.3, 0.4) is 0 Å². The van der Waals surface area contributed by atoms with Crippen molar-refractivity contribution in [2.45, 2.75) is 6.42 Å². The fourth-order valence-electron chi connectivity index (χ4n) is 2.31. The van der Waals surface area contributed by atoms with Crippen molar-refractivity contribution < 1.29 is 14.0 Å². The number of fused-ring (bicyclic) bond motifs is 1. The molecule has 2 aromatic rings. The normalized spacial score (nSPS) is 14.4. The van der Waals surface area contributed by atoms with E-state index in [9.17, 15) is 9.59 Å². The molecule has 4 nitrogen and oxygen atoms in total. The molecular formula is C15H13NO3. The molecule has 19 heavy (non-hydrogen) atoms. The van der Waals surface area contributed by atoms with Crippen LogP contribution in [0.1, 0.15) is 26.5 Å². The van der Waals surface area contributed by atoms with Crippen molar-refractivity contribution in [1.82, 2.24) is 4.90 Å². The fourth-order valence-corrected chi connectivity index (χ4v) is 2.31. The van der Waals surface area contributed by atoms with Gasteiger partial charge in [-0.3, -0.25) is 9.59 Å². The van der Waals surface area contributed by atoms with Crippen molar-refractivity contribution >= 4 is 12.2 Å². The highest BCUT2D eigenvalue weighted by Gasteiger charge is 2.22. The Hall–Kier alpha value is -2.36. The van der Waals surface area contributed by atoms with Gasteiger partial charge in [0.2, 0.25) is 0 Å². The molecule has 0 N–H and O–H groups in total. The van der Waals surface area contributed by atoms with Gasteiger partial charge in [-0.05, 0) is 30.2 Å². The lowest BCUT2D eigenvalue weighted by atomic mass is 9.96. The minimum Gasteiger partial charge on any atom is -0.453 e. The van der Waals surface area contributed by atoms with E-state index < -0.39 is 0 Å². The molecule has 3 rings (SSSR count). The number of rotatable bonds is 2. The van der Waals surface area contributed by atoms with E-state index in [1.807, 2.05) is 18.2 Å². The van der Waals surface area contributed by atoms with Crippen LogP contribution in [0.15, 0.2) is 34.7 Å². The first kappa shape index (κ1) is 11.7. The Kier molecular flexibility index (Phi) is 2.71. The second-order valence-corrected chi connectivity index (χ2v) is 4.67. The van der Waals surface area contributed by atoms with Gasteiger partial charge >= 0.3 is 0 Å². The molecule has 0 radical (unpaired) electrons. The van der Waals surface area contributed by atoms with Gasteiger partial charge in [0.15, 0.2) is 12.0 Å². The summed E-state index contributed by atoms with van der Waals surface area (Å²) < 4.78 is 5.38. The number of hydrogen-bond donors (Lipinski definition) is 0. The first-order valence-corrected chi connectivity index (χ1v) is 6.13. The molecule has 0 fully saturated rings. The number of benzene rings is 1. The monoisotopic (exact) mass is 255 g/mol. The SMILES string of the molecule is CN1CCc2ccc(-c3ccc(C=O)o3)cc2C1=O. The highest BCUT2D eigenvalue weighted by Crippen LogP contribution is 2.27. The molecule has 96 valence electrons. The second-order valence-electron chi connectivity index (χ2n) is 4.67. The molecule has 0 bridgehead atoms. The molecule has 1 aliphatic heterocycles. The summed E-state index contributed by atoms with van der Waals surface area (Å²) in [6, 6.07) is 9.07. The van der Waals surface area contributed by atoms with E-state index in [-0.39, 0.29) is 11.7 Å². The molecule has 1 aromatic carbocycles. The Morgan fingerprint density at radius 3 is 2.84 bits per heavy atom. The second kappa shape index (κ2) is 4.39. The van der Waals surface area contributed by atoms with Gasteiger partial charge in [0.25, 0.3) is 5.91 Å². The van der Waals surface area contributed by atoms with Crippen LogP contribution >= 0.6 is 0 Å². The smallest absolute Gasteiger partial charge is 0.253 e. The van der Waals surface area contributed by atoms with Gasteiger partial charge in [0, 0.05) is 24.7 Å². The number of hydrogen-bond acceptors (Lipinski definition) is 3. The summed E-state index contributed by atoms with van der Waals surface area (Å²) in [6.07, 6.45) is 1.54. The van der Waals surface area contributed by atoms with Gasteiger partial charge in [-0.1, -0.05) is 12.1 Å². The number of likely N-dealkylation sites (N-methyl/N-ethyl adjacent to an activating group) is 1. The van der Waals surface area contributed by atoms with Gasteiger partial charge in [0.05, 0.1) is 0 Å². The number of aldehydes is 1. The Labute approximate surface area is 110 Å². The molecule has 0 saturated carbocycles. The van der Waals surface area contributed by atoms with E-state index in [2.05, 4.69) is 0 Å². The van der Waals surface area contributed by atoms with Crippen LogP contribution < -0.4 is 0 Å². The average molecular weight is 255 g/mol. The first-order chi connectivity index (χ1) is 9.19. The van der Waals surface area contributed by atoms with E-state index in [4.69, 9.17) is 4.42 Å². The van der Waals surface area contributed by atoms with Crippen LogP contribution in [-0.4, -0.2) is 30.7 Å². The van der Waals surface area contributed by atoms with Crippen molar-refractivity contribution in [3.05, 3.63) is 47.2 Å². The van der Waals surface area contributed by atoms with Crippen molar-refractivity contribution in [2.24, 2.45) is 0 Å². The van der Waals surface area contributed by atoms with E-state index in [1.165, 1.54) is 0 Å². The summed E-state index contributed by atoms with van der Waals surface area (Å²) in [5.41, 5.74) is 2.60. The Bertz CT molecular complexity index is 657. The van der Waals surface area contributed by atoms with Crippen LogP contribution in [0.25, 0.3) is 11.3 Å². The van der Waals surface area contributed by atoms with E-state index in [1.54, 1.807) is 24.1 Å². The molecule has 1 amide bonds. The van der Waals surface area contributed by atoms with E-state index in [0.717, 1.165) is 29.7 Å². The molecular weight excluding hydrogens is 242 g/mol. The third-order valence-electron chi connectivity index (χ3n) is 3.43. The van der Waals surface area contributed by atoms with Crippen molar-refractivity contribution in [1.29, 1.82) is 0 Å². The van der Waals surface area contributed by atoms with E-state index in [0.29, 0.717) is 12.0 Å². The predicted octanol–water partition coefficient (Wildman–Crippen LogP) is 2.39. The van der Waals surface area contributed by atoms with Crippen LogP contribution in [0, 0.1) is 0 Å². The lowest BCUT2D eigenvalue weighted by Gasteiger charge is -2.24. The topological polar surface area (TPSA) is 50.5 Å². The number of carbonyl (C=O) groups is 2. The zero-order valence-corrected chi connectivity index (χ0v) is 10.6. The molecule has 0 unspecified atom stereocenters. The van der Waals surface area contributed by atoms with Gasteiger partial charge in [-0.2, -0.15) is 0 Å². The third kappa shape index (κ3) is 1.95. The Balaban J connectivity index is 2.05. The van der Waals surface area contributed by atoms with E-state index >= 15 is 0 Å². The Morgan fingerprint density at radius 1 is 1.26 bits per heavy atom. The van der Waals surface area contributed by atoms with Crippen molar-refractivity contribution in [3.63, 3.8) is 0 Å². The summed E-state index contributed by atoms with van der Waals surface area (Å²) in [6.45, 7) is 0.751. The number of amides is 1. The number of nitrogens with zero attached hydrogens (tertiary/aromatic N) is 1. The maximum absolute atomic E-state index is 12.1. The fraction of sp³-hybridized carbons (Fsp3) is 0.200. The summed E-state index contributed by atoms with van der Waals surface area (Å²) in [7, 11) is 1.80. The van der Waals surface area contributed by atoms with Gasteiger partial charge in [-0.25, -0.2) is 0 Å². The number of carbonyl (C=O) groups excluding carboxylic acids is 2. The molecule has 0 saturated heterocycles. The zero-order chi connectivity index (χ0) is 13.4. The molecule has 0 aliphatic carbocycles. The van der Waals surface area contributed by atoms with Gasteiger partial charge in [-0.15, -0.1) is 0 Å². The zero-order valence-electron chi connectivity index (χ0n) is 10.6. The summed E-state index contributed by atoms with van der Waals surface area (Å²) in [5, 5.41) is 0. The van der Waals surface area contributed by atoms with Crippen LogP contribution in [0.2, 0.25) is 0 Å². The molecule has 0 spiro atoms. The van der Waals surface area contributed by atoms with Crippen LogP contribution in [0.5, 0.6) is 0 Å². The maximum atomic E-state index is 12.1. The Morgan fingerprint density at radius 2 is 2.11 bits per heavy atom. The van der Waals surface area contributed by atoms with Crippen LogP contribution in [-0.2, 0) is 6.42 Å². The summed E-state index contributed by atoms with van der Waals surface area (Å²) in [4.78, 5) is 24.4. The minimum absolute atomic E-state index is 0.0327. The lowest BCUT2D eigenvalue weighted by molar-refractivity contribution is 0.0781. The largest absolute Gasteiger partial charge is 0.453 e. The summed E-state index contributed by atoms with van der Waals surface area (Å²) >= 11 is 0. The van der Waals surface area contributed by atoms with Gasteiger partial charge in [0.1, 0.15) is 5.76 Å². The highest BCUT2D eigenvalue weighted by molar-refractivity contribution is 5.97. The van der Waals surface area contributed by atoms with Crippen molar-refractivity contribution in [2.75, 3.05) is 13.6 Å². The van der Waals surface area contributed by atoms with Gasteiger partial charge < -0.3 is 9.32 Å².